The highest BCUT2D eigenvalue weighted by atomic mass is 32.2. The molecule has 78 valence electrons. The topological polar surface area (TPSA) is 97.5 Å². The molecule has 2 atom stereocenters. The summed E-state index contributed by atoms with van der Waals surface area (Å²) in [6, 6.07) is 0. The van der Waals surface area contributed by atoms with Gasteiger partial charge in [0.2, 0.25) is 9.84 Å². The van der Waals surface area contributed by atoms with Gasteiger partial charge >= 0.3 is 4.87 Å². The summed E-state index contributed by atoms with van der Waals surface area (Å²) in [5.74, 6) is 0. The number of allylic oxidation sites excluding steroid dienone is 2. The lowest BCUT2D eigenvalue weighted by Crippen LogP contribution is -2.53. The Kier molecular flexibility index (Phi) is 2.47. The maximum Gasteiger partial charge on any atom is 0.365 e. The van der Waals surface area contributed by atoms with Crippen molar-refractivity contribution in [1.29, 1.82) is 0 Å². The molecule has 0 aliphatic heterocycles. The minimum Gasteiger partial charge on any atom is -0.380 e. The Labute approximate surface area is 80.6 Å². The summed E-state index contributed by atoms with van der Waals surface area (Å²) in [5.41, 5.74) is 0. The molecule has 1 aliphatic rings. The number of sulfone groups is 1. The third-order valence-corrected chi connectivity index (χ3v) is 3.76. The smallest absolute Gasteiger partial charge is 0.365 e. The zero-order valence-electron chi connectivity index (χ0n) is 7.32. The Hall–Kier alpha value is -1.21. The summed E-state index contributed by atoms with van der Waals surface area (Å²) in [6.07, 6.45) is 3.62. The average molecular weight is 219 g/mol. The van der Waals surface area contributed by atoms with Gasteiger partial charge in [0, 0.05) is 17.3 Å². The second-order valence-corrected chi connectivity index (χ2v) is 5.17. The molecule has 0 fully saturated rings. The standard InChI is InChI=1S/C7H9NO5S/c1-14(12,13)7(8(10)11)5-3-2-4-6(7)9/h2-6,9H,1H3. The van der Waals surface area contributed by atoms with Crippen LogP contribution in [-0.2, 0) is 9.84 Å². The van der Waals surface area contributed by atoms with Crippen LogP contribution >= 0.6 is 0 Å². The third kappa shape index (κ3) is 1.34. The van der Waals surface area contributed by atoms with Gasteiger partial charge in [-0.1, -0.05) is 12.2 Å². The predicted molar refractivity (Wildman–Crippen MR) is 48.9 cm³/mol. The number of nitro groups is 1. The molecule has 0 heterocycles. The molecule has 0 saturated carbocycles. The Morgan fingerprint density at radius 1 is 1.50 bits per heavy atom. The van der Waals surface area contributed by atoms with Gasteiger partial charge in [-0.3, -0.25) is 10.1 Å². The number of nitrogens with zero attached hydrogens (tertiary/aromatic N) is 1. The normalized spacial score (nSPS) is 31.7. The van der Waals surface area contributed by atoms with E-state index in [0.717, 1.165) is 18.4 Å². The Bertz CT molecular complexity index is 410. The monoisotopic (exact) mass is 219 g/mol. The van der Waals surface area contributed by atoms with Gasteiger partial charge < -0.3 is 5.11 Å². The molecule has 0 aromatic rings. The van der Waals surface area contributed by atoms with Gasteiger partial charge in [0.05, 0.1) is 0 Å². The van der Waals surface area contributed by atoms with Crippen LogP contribution in [0, 0.1) is 10.1 Å². The van der Waals surface area contributed by atoms with Crippen molar-refractivity contribution < 1.29 is 18.4 Å². The molecule has 0 aromatic heterocycles. The summed E-state index contributed by atoms with van der Waals surface area (Å²) in [7, 11) is -4.02. The quantitative estimate of drug-likeness (QED) is 0.498. The second kappa shape index (κ2) is 3.18. The van der Waals surface area contributed by atoms with Crippen LogP contribution in [0.5, 0.6) is 0 Å². The first kappa shape index (κ1) is 10.9. The van der Waals surface area contributed by atoms with E-state index in [2.05, 4.69) is 0 Å². The van der Waals surface area contributed by atoms with Crippen molar-refractivity contribution in [2.75, 3.05) is 6.26 Å². The fraction of sp³-hybridized carbons (Fsp3) is 0.429. The summed E-state index contributed by atoms with van der Waals surface area (Å²) in [4.78, 5) is 7.28. The molecule has 1 rings (SSSR count). The molecule has 7 heteroatoms. The minimum absolute atomic E-state index is 0.725. The van der Waals surface area contributed by atoms with E-state index in [1.807, 2.05) is 0 Å². The van der Waals surface area contributed by atoms with E-state index in [1.165, 1.54) is 12.2 Å². The number of hydrogen-bond donors (Lipinski definition) is 1. The number of hydrogen-bond acceptors (Lipinski definition) is 5. The second-order valence-electron chi connectivity index (χ2n) is 2.97. The first-order chi connectivity index (χ1) is 6.32. The molecule has 6 nitrogen and oxygen atoms in total. The summed E-state index contributed by atoms with van der Waals surface area (Å²) < 4.78 is 22.5. The third-order valence-electron chi connectivity index (χ3n) is 2.04. The molecular formula is C7H9NO5S. The van der Waals surface area contributed by atoms with Crippen molar-refractivity contribution in [2.24, 2.45) is 0 Å². The maximum atomic E-state index is 11.3. The Morgan fingerprint density at radius 3 is 2.36 bits per heavy atom. The van der Waals surface area contributed by atoms with Gasteiger partial charge in [0.1, 0.15) is 0 Å². The SMILES string of the molecule is CS(=O)(=O)C1([N+](=O)[O-])C=CC=CC1O. The fourth-order valence-corrected chi connectivity index (χ4v) is 2.36. The molecule has 0 bridgehead atoms. The number of aliphatic hydroxyl groups is 1. The molecule has 1 aliphatic carbocycles. The lowest BCUT2D eigenvalue weighted by Gasteiger charge is -2.24. The van der Waals surface area contributed by atoms with E-state index in [4.69, 9.17) is 0 Å². The van der Waals surface area contributed by atoms with E-state index >= 15 is 0 Å². The number of aliphatic hydroxyl groups excluding tert-OH is 1. The van der Waals surface area contributed by atoms with Crippen LogP contribution in [0.2, 0.25) is 0 Å². The first-order valence-electron chi connectivity index (χ1n) is 3.70. The molecule has 0 saturated heterocycles. The summed E-state index contributed by atoms with van der Waals surface area (Å²) in [6.45, 7) is 0. The highest BCUT2D eigenvalue weighted by molar-refractivity contribution is 7.92. The van der Waals surface area contributed by atoms with Gasteiger partial charge in [0.25, 0.3) is 0 Å². The van der Waals surface area contributed by atoms with E-state index in [0.29, 0.717) is 0 Å². The van der Waals surface area contributed by atoms with Crippen molar-refractivity contribution >= 4 is 9.84 Å². The molecule has 14 heavy (non-hydrogen) atoms. The lowest BCUT2D eigenvalue weighted by molar-refractivity contribution is -0.536. The van der Waals surface area contributed by atoms with Crippen molar-refractivity contribution in [3.63, 3.8) is 0 Å². The van der Waals surface area contributed by atoms with Crippen LogP contribution in [0.1, 0.15) is 0 Å². The molecule has 0 spiro atoms. The molecule has 2 unspecified atom stereocenters. The zero-order valence-corrected chi connectivity index (χ0v) is 8.14. The van der Waals surface area contributed by atoms with E-state index in [1.54, 1.807) is 0 Å². The Balaban J connectivity index is 3.40. The first-order valence-corrected chi connectivity index (χ1v) is 5.59. The van der Waals surface area contributed by atoms with Crippen LogP contribution < -0.4 is 0 Å². The van der Waals surface area contributed by atoms with Crippen LogP contribution in [0.25, 0.3) is 0 Å². The summed E-state index contributed by atoms with van der Waals surface area (Å²) in [5, 5.41) is 20.1. The minimum atomic E-state index is -4.02. The highest BCUT2D eigenvalue weighted by Gasteiger charge is 2.57. The van der Waals surface area contributed by atoms with Crippen LogP contribution in [0.15, 0.2) is 24.3 Å². The summed E-state index contributed by atoms with van der Waals surface area (Å²) >= 11 is 0. The average Bonchev–Trinajstić information content (AvgIpc) is 2.02. The molecule has 0 amide bonds. The van der Waals surface area contributed by atoms with Gasteiger partial charge in [-0.15, -0.1) is 0 Å². The van der Waals surface area contributed by atoms with Crippen molar-refractivity contribution in [2.45, 2.75) is 11.0 Å². The van der Waals surface area contributed by atoms with Crippen molar-refractivity contribution in [3.05, 3.63) is 34.4 Å². The molecule has 0 radical (unpaired) electrons. The largest absolute Gasteiger partial charge is 0.380 e. The van der Waals surface area contributed by atoms with E-state index < -0.39 is 25.7 Å². The van der Waals surface area contributed by atoms with Gasteiger partial charge in [-0.05, 0) is 6.08 Å². The van der Waals surface area contributed by atoms with Crippen LogP contribution in [0.4, 0.5) is 0 Å². The van der Waals surface area contributed by atoms with Gasteiger partial charge in [-0.25, -0.2) is 8.42 Å². The van der Waals surface area contributed by atoms with Crippen molar-refractivity contribution in [3.8, 4) is 0 Å². The number of rotatable bonds is 2. The molecule has 0 aromatic carbocycles. The van der Waals surface area contributed by atoms with Gasteiger partial charge in [0.15, 0.2) is 6.10 Å². The zero-order chi connectivity index (χ0) is 11.0. The van der Waals surface area contributed by atoms with E-state index in [9.17, 15) is 23.6 Å². The predicted octanol–water partition coefficient (Wildman–Crippen LogP) is -0.509. The lowest BCUT2D eigenvalue weighted by atomic mass is 10.1. The van der Waals surface area contributed by atoms with E-state index in [-0.39, 0.29) is 0 Å². The van der Waals surface area contributed by atoms with Crippen LogP contribution in [-0.4, -0.2) is 35.7 Å². The maximum absolute atomic E-state index is 11.3. The van der Waals surface area contributed by atoms with Crippen molar-refractivity contribution in [1.82, 2.24) is 0 Å². The Morgan fingerprint density at radius 2 is 2.07 bits per heavy atom. The van der Waals surface area contributed by atoms with Crippen LogP contribution in [0.3, 0.4) is 0 Å². The van der Waals surface area contributed by atoms with Gasteiger partial charge in [-0.2, -0.15) is 0 Å². The molecule has 1 N–H and O–H groups in total. The fourth-order valence-electron chi connectivity index (χ4n) is 1.25. The molecular weight excluding hydrogens is 210 g/mol. The highest BCUT2D eigenvalue weighted by Crippen LogP contribution is 2.27.